The third-order valence-corrected chi connectivity index (χ3v) is 10.3. The lowest BCUT2D eigenvalue weighted by atomic mass is 9.83. The molecule has 0 saturated heterocycles. The maximum atomic E-state index is 5.02. The van der Waals surface area contributed by atoms with Crippen LogP contribution in [0.5, 0.6) is 0 Å². The number of fused-ring (bicyclic) bond motifs is 5. The number of aromatic nitrogens is 1. The predicted molar refractivity (Wildman–Crippen MR) is 214 cm³/mol. The lowest BCUT2D eigenvalue weighted by molar-refractivity contribution is 1.42. The lowest BCUT2D eigenvalue weighted by Crippen LogP contribution is -1.94. The van der Waals surface area contributed by atoms with E-state index >= 15 is 0 Å². The molecule has 0 aliphatic heterocycles. The number of rotatable bonds is 4. The molecule has 1 aromatic heterocycles. The van der Waals surface area contributed by atoms with E-state index in [9.17, 15) is 0 Å². The van der Waals surface area contributed by atoms with Crippen LogP contribution in [0.15, 0.2) is 188 Å². The van der Waals surface area contributed by atoms with Gasteiger partial charge in [0.1, 0.15) is 0 Å². The largest absolute Gasteiger partial charge is 0.256 e. The van der Waals surface area contributed by atoms with Gasteiger partial charge in [-0.2, -0.15) is 0 Å². The summed E-state index contributed by atoms with van der Waals surface area (Å²) in [5.41, 5.74) is 10.8. The Balaban J connectivity index is 1.27. The average Bonchev–Trinajstić information content (AvgIpc) is 3.19. The molecule has 1 heterocycles. The molecule has 232 valence electrons. The monoisotopic (exact) mass is 633 g/mol. The van der Waals surface area contributed by atoms with E-state index in [0.29, 0.717) is 0 Å². The van der Waals surface area contributed by atoms with Crippen molar-refractivity contribution in [3.63, 3.8) is 0 Å². The first-order chi connectivity index (χ1) is 24.8. The topological polar surface area (TPSA) is 12.9 Å². The quantitative estimate of drug-likeness (QED) is 0.176. The zero-order valence-corrected chi connectivity index (χ0v) is 27.3. The van der Waals surface area contributed by atoms with E-state index in [1.807, 2.05) is 6.20 Å². The molecule has 0 bridgehead atoms. The average molecular weight is 634 g/mol. The molecule has 0 N–H and O–H groups in total. The summed E-state index contributed by atoms with van der Waals surface area (Å²) in [6, 6.07) is 66.1. The van der Waals surface area contributed by atoms with Gasteiger partial charge in [0.25, 0.3) is 0 Å². The van der Waals surface area contributed by atoms with Gasteiger partial charge in [0.05, 0.1) is 5.52 Å². The second-order valence-corrected chi connectivity index (χ2v) is 13.0. The van der Waals surface area contributed by atoms with E-state index in [2.05, 4.69) is 182 Å². The summed E-state index contributed by atoms with van der Waals surface area (Å²) < 4.78 is 0. The minimum atomic E-state index is 1.02. The third kappa shape index (κ3) is 4.37. The van der Waals surface area contributed by atoms with Crippen LogP contribution in [-0.4, -0.2) is 4.98 Å². The number of nitrogens with zero attached hydrogens (tertiary/aromatic N) is 1. The van der Waals surface area contributed by atoms with Gasteiger partial charge < -0.3 is 0 Å². The van der Waals surface area contributed by atoms with Crippen molar-refractivity contribution in [2.75, 3.05) is 0 Å². The molecule has 10 aromatic rings. The molecule has 10 rings (SSSR count). The highest BCUT2D eigenvalue weighted by Gasteiger charge is 2.20. The fourth-order valence-electron chi connectivity index (χ4n) is 8.21. The second-order valence-electron chi connectivity index (χ2n) is 13.0. The molecule has 0 atom stereocenters. The van der Waals surface area contributed by atoms with Gasteiger partial charge >= 0.3 is 0 Å². The normalized spacial score (nSPS) is 11.6. The van der Waals surface area contributed by atoms with Crippen molar-refractivity contribution in [2.24, 2.45) is 0 Å². The molecule has 0 aliphatic carbocycles. The summed E-state index contributed by atoms with van der Waals surface area (Å²) in [5, 5.41) is 11.1. The van der Waals surface area contributed by atoms with E-state index in [-0.39, 0.29) is 0 Å². The van der Waals surface area contributed by atoms with Crippen molar-refractivity contribution in [1.82, 2.24) is 4.98 Å². The van der Waals surface area contributed by atoms with Crippen molar-refractivity contribution in [3.05, 3.63) is 188 Å². The molecular formula is C49H31N. The van der Waals surface area contributed by atoms with Crippen molar-refractivity contribution < 1.29 is 0 Å². The van der Waals surface area contributed by atoms with E-state index in [1.165, 1.54) is 87.6 Å². The van der Waals surface area contributed by atoms with Gasteiger partial charge in [-0.05, 0) is 94.2 Å². The van der Waals surface area contributed by atoms with Crippen LogP contribution < -0.4 is 0 Å². The lowest BCUT2D eigenvalue weighted by Gasteiger charge is -2.20. The zero-order valence-electron chi connectivity index (χ0n) is 27.3. The predicted octanol–water partition coefficient (Wildman–Crippen LogP) is 13.5. The van der Waals surface area contributed by atoms with Gasteiger partial charge in [0.2, 0.25) is 0 Å². The van der Waals surface area contributed by atoms with Gasteiger partial charge in [-0.25, -0.2) is 0 Å². The van der Waals surface area contributed by atoms with Crippen LogP contribution in [0.4, 0.5) is 0 Å². The molecule has 0 aliphatic rings. The fraction of sp³-hybridized carbons (Fsp3) is 0. The first-order valence-corrected chi connectivity index (χ1v) is 17.2. The van der Waals surface area contributed by atoms with Crippen molar-refractivity contribution in [2.45, 2.75) is 0 Å². The molecule has 1 heteroatoms. The molecule has 0 amide bonds. The Kier molecular flexibility index (Phi) is 6.57. The highest BCUT2D eigenvalue weighted by Crippen LogP contribution is 2.47. The summed E-state index contributed by atoms with van der Waals surface area (Å²) in [6.07, 6.45) is 1.92. The summed E-state index contributed by atoms with van der Waals surface area (Å²) >= 11 is 0. The standard InChI is InChI=1S/C49H31N/c1-2-16-33(17-3-1)47-41-25-9-6-22-38(41)46(44-29-14-30-50-49(44)47)35-20-12-19-34(31-35)45-39-23-7-10-26-42(39)48(43-27-11-8-24-40(43)45)37-28-13-18-32-15-4-5-21-36(32)37/h1-31H. The molecule has 50 heavy (non-hydrogen) atoms. The fourth-order valence-corrected chi connectivity index (χ4v) is 8.21. The van der Waals surface area contributed by atoms with Crippen LogP contribution in [0, 0.1) is 0 Å². The van der Waals surface area contributed by atoms with Crippen LogP contribution in [0.25, 0.3) is 98.5 Å². The molecule has 0 saturated carbocycles. The smallest absolute Gasteiger partial charge is 0.0792 e. The summed E-state index contributed by atoms with van der Waals surface area (Å²) in [4.78, 5) is 5.02. The molecule has 0 radical (unpaired) electrons. The molecule has 1 nitrogen and oxygen atoms in total. The molecule has 0 fully saturated rings. The number of benzene rings is 9. The van der Waals surface area contributed by atoms with E-state index in [1.54, 1.807) is 0 Å². The maximum absolute atomic E-state index is 5.02. The van der Waals surface area contributed by atoms with E-state index in [0.717, 1.165) is 10.9 Å². The maximum Gasteiger partial charge on any atom is 0.0792 e. The van der Waals surface area contributed by atoms with Gasteiger partial charge in [0.15, 0.2) is 0 Å². The molecular weight excluding hydrogens is 603 g/mol. The Morgan fingerprint density at radius 2 is 0.720 bits per heavy atom. The summed E-state index contributed by atoms with van der Waals surface area (Å²) in [5.74, 6) is 0. The van der Waals surface area contributed by atoms with E-state index in [4.69, 9.17) is 4.98 Å². The minimum Gasteiger partial charge on any atom is -0.256 e. The Morgan fingerprint density at radius 1 is 0.280 bits per heavy atom. The van der Waals surface area contributed by atoms with Gasteiger partial charge in [-0.3, -0.25) is 4.98 Å². The number of pyridine rings is 1. The zero-order chi connectivity index (χ0) is 33.0. The number of hydrogen-bond acceptors (Lipinski definition) is 1. The van der Waals surface area contributed by atoms with Crippen LogP contribution in [0.2, 0.25) is 0 Å². The van der Waals surface area contributed by atoms with Crippen LogP contribution in [0.1, 0.15) is 0 Å². The Labute approximate surface area is 290 Å². The Bertz CT molecular complexity index is 2800. The second kappa shape index (κ2) is 11.5. The van der Waals surface area contributed by atoms with Gasteiger partial charge in [-0.15, -0.1) is 0 Å². The molecule has 0 spiro atoms. The van der Waals surface area contributed by atoms with Crippen LogP contribution >= 0.6 is 0 Å². The summed E-state index contributed by atoms with van der Waals surface area (Å²) in [7, 11) is 0. The molecule has 0 unspecified atom stereocenters. The SMILES string of the molecule is c1ccc(-c2c3ccccc3c(-c3cccc(-c4c5ccccc5c(-c5cccc6ccccc56)c5ccccc45)c3)c3cccnc23)cc1. The van der Waals surface area contributed by atoms with Crippen molar-refractivity contribution in [1.29, 1.82) is 0 Å². The van der Waals surface area contributed by atoms with Crippen LogP contribution in [-0.2, 0) is 0 Å². The molecule has 9 aromatic carbocycles. The summed E-state index contributed by atoms with van der Waals surface area (Å²) in [6.45, 7) is 0. The minimum absolute atomic E-state index is 1.02. The first kappa shape index (κ1) is 28.4. The Morgan fingerprint density at radius 3 is 1.36 bits per heavy atom. The van der Waals surface area contributed by atoms with E-state index < -0.39 is 0 Å². The number of hydrogen-bond donors (Lipinski definition) is 0. The first-order valence-electron chi connectivity index (χ1n) is 17.2. The van der Waals surface area contributed by atoms with Gasteiger partial charge in [-0.1, -0.05) is 170 Å². The van der Waals surface area contributed by atoms with Gasteiger partial charge in [0, 0.05) is 17.1 Å². The van der Waals surface area contributed by atoms with Crippen molar-refractivity contribution >= 4 is 54.0 Å². The third-order valence-electron chi connectivity index (χ3n) is 10.3. The highest BCUT2D eigenvalue weighted by atomic mass is 14.7. The van der Waals surface area contributed by atoms with Crippen LogP contribution in [0.3, 0.4) is 0 Å². The Hall–Kier alpha value is -6.57. The van der Waals surface area contributed by atoms with Crippen molar-refractivity contribution in [3.8, 4) is 44.5 Å². The highest BCUT2D eigenvalue weighted by molar-refractivity contribution is 6.24.